The van der Waals surface area contributed by atoms with Crippen molar-refractivity contribution >= 4 is 39.0 Å². The van der Waals surface area contributed by atoms with Crippen LogP contribution in [0.25, 0.3) is 0 Å². The molecule has 11 nitrogen and oxygen atoms in total. The van der Waals surface area contributed by atoms with Crippen molar-refractivity contribution in [1.82, 2.24) is 10.6 Å². The molecule has 2 aromatic rings. The lowest BCUT2D eigenvalue weighted by Gasteiger charge is -2.43. The van der Waals surface area contributed by atoms with Gasteiger partial charge in [0.15, 0.2) is 41.0 Å². The lowest BCUT2D eigenvalue weighted by Crippen LogP contribution is -2.46. The normalized spacial score (nSPS) is 30.9. The Kier molecular flexibility index (Phi) is 13.1. The van der Waals surface area contributed by atoms with Crippen LogP contribution in [0.15, 0.2) is 59.6 Å². The molecule has 13 heteroatoms. The monoisotopic (exact) mass is 820 g/mol. The van der Waals surface area contributed by atoms with Gasteiger partial charge in [-0.25, -0.2) is 0 Å². The van der Waals surface area contributed by atoms with Crippen LogP contribution in [0.3, 0.4) is 0 Å². The van der Waals surface area contributed by atoms with Crippen molar-refractivity contribution < 1.29 is 34.3 Å². The highest BCUT2D eigenvalue weighted by atomic mass is 33.1. The van der Waals surface area contributed by atoms with Gasteiger partial charge in [0.1, 0.15) is 5.60 Å². The summed E-state index contributed by atoms with van der Waals surface area (Å²) in [6.45, 7) is 0.587. The molecule has 0 amide bonds. The van der Waals surface area contributed by atoms with Gasteiger partial charge < -0.3 is 45.5 Å². The van der Waals surface area contributed by atoms with Crippen molar-refractivity contribution in [1.29, 1.82) is 0 Å². The minimum absolute atomic E-state index is 0.0270. The van der Waals surface area contributed by atoms with E-state index in [1.807, 2.05) is 37.4 Å². The Hall–Kier alpha value is -3.36. The molecule has 310 valence electrons. The number of carbonyl (C=O) groups is 1. The molecule has 0 saturated heterocycles. The van der Waals surface area contributed by atoms with E-state index in [1.54, 1.807) is 41.8 Å². The number of rotatable bonds is 10. The standard InChI is InChI=1S/C44H60N4O7S2/c1-45-26-43(19-15-29(24-43)21-39(51)54-4)55-36-23-31-22-33(40(36)52)48-41(46-2)47-27-56-57-37-14-11-30-10-12-32(37)44(30,25-28-9-13-34(49)35(20-28)53-3)38(50)8-7-18-42(31)16-5-6-17-42/h7-9,11,13-14,20,22-23,29-30,32,37,39,45,49,51-52H,5-6,10,12,15-19,21,24-27H2,1-4H3,(H2,46,47,48)/t29-,30-,32-,37+,39-,43+,44+/m1/s1. The number of aliphatic hydroxyl groups is 1. The average Bonchev–Trinajstić information content (AvgIpc) is 3.90. The van der Waals surface area contributed by atoms with Crippen LogP contribution in [0.4, 0.5) is 5.69 Å². The van der Waals surface area contributed by atoms with E-state index in [-0.39, 0.29) is 45.7 Å². The lowest BCUT2D eigenvalue weighted by molar-refractivity contribution is -0.127. The Labute approximate surface area is 345 Å². The van der Waals surface area contributed by atoms with E-state index < -0.39 is 17.3 Å². The number of likely N-dealkylation sites (N-methyl/N-ethyl adjacent to an activating group) is 1. The molecule has 4 aliphatic carbocycles. The fraction of sp³-hybridized carbons (Fsp3) is 0.591. The van der Waals surface area contributed by atoms with Gasteiger partial charge in [0, 0.05) is 37.8 Å². The summed E-state index contributed by atoms with van der Waals surface area (Å²) >= 11 is 0. The number of fused-ring (bicyclic) bond motifs is 3. The van der Waals surface area contributed by atoms with Gasteiger partial charge >= 0.3 is 0 Å². The van der Waals surface area contributed by atoms with E-state index in [1.165, 1.54) is 7.11 Å². The number of phenols is 2. The molecule has 5 aliphatic rings. The zero-order valence-corrected chi connectivity index (χ0v) is 35.4. The number of aliphatic hydroxyl groups excluding tert-OH is 1. The van der Waals surface area contributed by atoms with Crippen molar-refractivity contribution in [3.63, 3.8) is 0 Å². The van der Waals surface area contributed by atoms with Crippen LogP contribution in [0.2, 0.25) is 0 Å². The molecule has 1 spiro atoms. The molecule has 7 rings (SSSR count). The second-order valence-corrected chi connectivity index (χ2v) is 19.3. The molecule has 1 aliphatic heterocycles. The van der Waals surface area contributed by atoms with E-state index in [0.29, 0.717) is 61.3 Å². The number of hydrogen-bond donors (Lipinski definition) is 6. The first-order chi connectivity index (χ1) is 27.6. The summed E-state index contributed by atoms with van der Waals surface area (Å²) in [5.74, 6) is 2.67. The maximum absolute atomic E-state index is 15.0. The molecule has 7 atom stereocenters. The van der Waals surface area contributed by atoms with Gasteiger partial charge in [-0.2, -0.15) is 0 Å². The van der Waals surface area contributed by atoms with E-state index >= 15 is 4.79 Å². The summed E-state index contributed by atoms with van der Waals surface area (Å²) in [6, 6.07) is 9.55. The highest BCUT2D eigenvalue weighted by molar-refractivity contribution is 8.77. The summed E-state index contributed by atoms with van der Waals surface area (Å²) < 4.78 is 17.6. The fourth-order valence-corrected chi connectivity index (χ4v) is 13.2. The highest BCUT2D eigenvalue weighted by Crippen LogP contribution is 2.59. The van der Waals surface area contributed by atoms with Gasteiger partial charge in [0.2, 0.25) is 0 Å². The molecule has 6 bridgehead atoms. The van der Waals surface area contributed by atoms with E-state index in [4.69, 9.17) is 14.2 Å². The van der Waals surface area contributed by atoms with Gasteiger partial charge in [-0.1, -0.05) is 58.7 Å². The fourth-order valence-electron chi connectivity index (χ4n) is 10.7. The number of guanidine groups is 1. The summed E-state index contributed by atoms with van der Waals surface area (Å²) in [4.78, 5) is 19.5. The molecule has 57 heavy (non-hydrogen) atoms. The quantitative estimate of drug-likeness (QED) is 0.0611. The molecule has 0 aromatic heterocycles. The molecule has 0 unspecified atom stereocenters. The summed E-state index contributed by atoms with van der Waals surface area (Å²) in [5, 5.41) is 43.0. The largest absolute Gasteiger partial charge is 0.504 e. The number of ketones is 1. The Morgan fingerprint density at radius 3 is 2.63 bits per heavy atom. The Morgan fingerprint density at radius 1 is 1.05 bits per heavy atom. The first-order valence-electron chi connectivity index (χ1n) is 20.5. The molecular weight excluding hydrogens is 761 g/mol. The number of aromatic hydroxyl groups is 2. The number of nitrogens with one attached hydrogen (secondary N) is 3. The second kappa shape index (κ2) is 17.9. The van der Waals surface area contributed by atoms with Gasteiger partial charge in [-0.05, 0) is 129 Å². The first kappa shape index (κ1) is 41.8. The molecule has 2 aromatic carbocycles. The summed E-state index contributed by atoms with van der Waals surface area (Å²) in [7, 11) is 10.2. The van der Waals surface area contributed by atoms with Crippen LogP contribution in [-0.4, -0.2) is 84.9 Å². The third kappa shape index (κ3) is 8.55. The minimum Gasteiger partial charge on any atom is -0.504 e. The van der Waals surface area contributed by atoms with E-state index in [9.17, 15) is 15.3 Å². The van der Waals surface area contributed by atoms with E-state index in [2.05, 4.69) is 39.2 Å². The topological polar surface area (TPSA) is 154 Å². The Morgan fingerprint density at radius 2 is 1.88 bits per heavy atom. The molecule has 6 N–H and O–H groups in total. The predicted octanol–water partition coefficient (Wildman–Crippen LogP) is 7.46. The molecule has 3 fully saturated rings. The number of aliphatic imine (C=N–C) groups is 1. The second-order valence-electron chi connectivity index (χ2n) is 16.8. The van der Waals surface area contributed by atoms with Gasteiger partial charge in [-0.15, -0.1) is 0 Å². The molecule has 0 radical (unpaired) electrons. The van der Waals surface area contributed by atoms with Crippen molar-refractivity contribution in [2.75, 3.05) is 46.1 Å². The van der Waals surface area contributed by atoms with Crippen molar-refractivity contribution in [2.24, 2.45) is 28.2 Å². The third-order valence-corrected chi connectivity index (χ3v) is 16.1. The van der Waals surface area contributed by atoms with Crippen LogP contribution in [0, 0.1) is 23.2 Å². The van der Waals surface area contributed by atoms with Crippen LogP contribution >= 0.6 is 21.6 Å². The predicted molar refractivity (Wildman–Crippen MR) is 229 cm³/mol. The highest BCUT2D eigenvalue weighted by Gasteiger charge is 2.57. The van der Waals surface area contributed by atoms with Gasteiger partial charge in [0.05, 0.1) is 18.7 Å². The maximum atomic E-state index is 15.0. The van der Waals surface area contributed by atoms with Crippen molar-refractivity contribution in [3.05, 3.63) is 65.8 Å². The SMILES string of the molecule is CN=C1NCSS[C@H]2C=C[C@H]3CC[C@H]2[C@@]3(Cc2ccc(O)c(OC)c2)C(=O)C=CCC2(CCCC2)c2cc(c(O)c(O[C@@]3(CNC)CC[C@H](C[C@H](O)OC)C3)c2)N1. The summed E-state index contributed by atoms with van der Waals surface area (Å²) in [5.41, 5.74) is 1.09. The number of phenolic OH excluding ortho intramolecular Hbond substituents is 2. The number of hydrogen-bond acceptors (Lipinski definition) is 11. The molecule has 1 heterocycles. The summed E-state index contributed by atoms with van der Waals surface area (Å²) in [6.07, 6.45) is 17.8. The zero-order chi connectivity index (χ0) is 40.2. The number of allylic oxidation sites excluding steroid dienone is 3. The number of nitrogens with zero attached hydrogens (tertiary/aromatic N) is 1. The van der Waals surface area contributed by atoms with Crippen LogP contribution in [-0.2, 0) is 21.4 Å². The average molecular weight is 821 g/mol. The van der Waals surface area contributed by atoms with Crippen molar-refractivity contribution in [2.45, 2.75) is 99.6 Å². The van der Waals surface area contributed by atoms with Crippen molar-refractivity contribution in [3.8, 4) is 23.0 Å². The first-order valence-corrected chi connectivity index (χ1v) is 22.9. The zero-order valence-electron chi connectivity index (χ0n) is 33.7. The number of methoxy groups -OCH3 is 2. The smallest absolute Gasteiger partial charge is 0.196 e. The molecular formula is C44H60N4O7S2. The number of anilines is 1. The minimum atomic E-state index is -0.826. The lowest BCUT2D eigenvalue weighted by atomic mass is 9.62. The molecule has 3 saturated carbocycles. The Bertz CT molecular complexity index is 1850. The number of benzene rings is 2. The number of carbonyl (C=O) groups excluding carboxylic acids is 1. The maximum Gasteiger partial charge on any atom is 0.196 e. The van der Waals surface area contributed by atoms with Gasteiger partial charge in [-0.3, -0.25) is 9.79 Å². The van der Waals surface area contributed by atoms with Crippen LogP contribution < -0.4 is 25.4 Å². The Balaban J connectivity index is 1.27. The van der Waals surface area contributed by atoms with Gasteiger partial charge in [0.25, 0.3) is 0 Å². The van der Waals surface area contributed by atoms with E-state index in [0.717, 1.165) is 62.5 Å². The third-order valence-electron chi connectivity index (χ3n) is 13.5. The number of ether oxygens (including phenoxy) is 3. The van der Waals surface area contributed by atoms with Crippen LogP contribution in [0.5, 0.6) is 23.0 Å². The van der Waals surface area contributed by atoms with Crippen LogP contribution in [0.1, 0.15) is 81.8 Å².